The maximum atomic E-state index is 14.3. The number of aliphatic hydroxyl groups excluding tert-OH is 1. The van der Waals surface area contributed by atoms with E-state index in [0.717, 1.165) is 25.7 Å². The van der Waals surface area contributed by atoms with Gasteiger partial charge in [-0.15, -0.1) is 0 Å². The van der Waals surface area contributed by atoms with Crippen molar-refractivity contribution in [2.45, 2.75) is 89.5 Å². The summed E-state index contributed by atoms with van der Waals surface area (Å²) in [5.41, 5.74) is -2.34. The summed E-state index contributed by atoms with van der Waals surface area (Å²) >= 11 is 0. The summed E-state index contributed by atoms with van der Waals surface area (Å²) in [6.45, 7) is 9.05. The fourth-order valence-corrected chi connectivity index (χ4v) is 6.64. The molecular formula is C28H42N2O6. The average Bonchev–Trinajstić information content (AvgIpc) is 3.22. The molecule has 0 bridgehead atoms. The van der Waals surface area contributed by atoms with Gasteiger partial charge in [0.25, 0.3) is 0 Å². The maximum absolute atomic E-state index is 14.3. The first-order chi connectivity index (χ1) is 17.3. The molecule has 4 aliphatic heterocycles. The number of fused-ring (bicyclic) bond motifs is 2. The molecule has 4 rings (SSSR count). The van der Waals surface area contributed by atoms with Gasteiger partial charge in [-0.2, -0.15) is 0 Å². The van der Waals surface area contributed by atoms with Gasteiger partial charge in [0.1, 0.15) is 23.2 Å². The van der Waals surface area contributed by atoms with E-state index in [9.17, 15) is 19.5 Å². The van der Waals surface area contributed by atoms with Gasteiger partial charge < -0.3 is 24.4 Å². The average molecular weight is 503 g/mol. The van der Waals surface area contributed by atoms with Crippen molar-refractivity contribution >= 4 is 17.8 Å². The second-order valence-corrected chi connectivity index (χ2v) is 10.8. The summed E-state index contributed by atoms with van der Waals surface area (Å²) in [4.78, 5) is 45.4. The van der Waals surface area contributed by atoms with E-state index in [2.05, 4.69) is 6.92 Å². The zero-order valence-electron chi connectivity index (χ0n) is 22.2. The van der Waals surface area contributed by atoms with Crippen LogP contribution >= 0.6 is 0 Å². The smallest absolute Gasteiger partial charge is 0.313 e. The Morgan fingerprint density at radius 2 is 1.86 bits per heavy atom. The third-order valence-corrected chi connectivity index (χ3v) is 8.80. The topological polar surface area (TPSA) is 96.4 Å². The molecule has 1 unspecified atom stereocenters. The lowest BCUT2D eigenvalue weighted by Gasteiger charge is -2.42. The number of rotatable bonds is 9. The Morgan fingerprint density at radius 1 is 1.08 bits per heavy atom. The first-order valence-electron chi connectivity index (χ1n) is 13.8. The van der Waals surface area contributed by atoms with Gasteiger partial charge in [0, 0.05) is 13.1 Å². The summed E-state index contributed by atoms with van der Waals surface area (Å²) in [7, 11) is 0. The lowest BCUT2D eigenvalue weighted by molar-refractivity contribution is -0.164. The van der Waals surface area contributed by atoms with Crippen LogP contribution in [0, 0.1) is 17.8 Å². The Hall–Kier alpha value is -2.19. The van der Waals surface area contributed by atoms with Gasteiger partial charge in [-0.25, -0.2) is 0 Å². The summed E-state index contributed by atoms with van der Waals surface area (Å²) in [5, 5.41) is 10.4. The van der Waals surface area contributed by atoms with Crippen LogP contribution in [-0.4, -0.2) is 82.3 Å². The van der Waals surface area contributed by atoms with Crippen LogP contribution in [-0.2, 0) is 23.9 Å². The molecule has 4 heterocycles. The van der Waals surface area contributed by atoms with Crippen LogP contribution in [0.15, 0.2) is 24.3 Å². The monoisotopic (exact) mass is 502 g/mol. The van der Waals surface area contributed by atoms with Crippen LogP contribution in [0.5, 0.6) is 0 Å². The summed E-state index contributed by atoms with van der Waals surface area (Å²) in [6.07, 6.45) is 12.4. The van der Waals surface area contributed by atoms with Crippen molar-refractivity contribution in [2.75, 3.05) is 26.3 Å². The third kappa shape index (κ3) is 4.10. The number of ether oxygens (including phenoxy) is 2. The van der Waals surface area contributed by atoms with E-state index in [1.807, 2.05) is 45.1 Å². The standard InChI is InChI=1S/C28H42N2O6/c1-5-8-10-15-29-16-12-14-28-21(22-26(34)35-17-11-9-13-27(22,7-3)36-28)24(32)30(23(28)25(29)33)20(18-31)19(4)6-2/h9,12-14,19-23,31H,5-8,10-11,15-18H2,1-4H3/t19-,20-,21-,22+,23?,27-,28-/m0/s1. The molecule has 0 aromatic carbocycles. The Bertz CT molecular complexity index is 918. The van der Waals surface area contributed by atoms with Crippen molar-refractivity contribution in [2.24, 2.45) is 17.8 Å². The number of esters is 1. The molecule has 8 nitrogen and oxygen atoms in total. The quantitative estimate of drug-likeness (QED) is 0.296. The van der Waals surface area contributed by atoms with E-state index >= 15 is 0 Å². The Labute approximate surface area is 214 Å². The van der Waals surface area contributed by atoms with Gasteiger partial charge in [-0.05, 0) is 25.2 Å². The number of unbranched alkanes of at least 4 members (excludes halogenated alkanes) is 2. The Morgan fingerprint density at radius 3 is 2.53 bits per heavy atom. The molecule has 0 aromatic heterocycles. The lowest BCUT2D eigenvalue weighted by Crippen LogP contribution is -2.60. The molecule has 1 N–H and O–H groups in total. The number of nitrogens with zero attached hydrogens (tertiary/aromatic N) is 2. The minimum Gasteiger partial charge on any atom is -0.465 e. The third-order valence-electron chi connectivity index (χ3n) is 8.80. The van der Waals surface area contributed by atoms with E-state index in [1.165, 1.54) is 0 Å². The highest BCUT2D eigenvalue weighted by atomic mass is 16.6. The van der Waals surface area contributed by atoms with Crippen molar-refractivity contribution in [1.29, 1.82) is 0 Å². The first-order valence-corrected chi connectivity index (χ1v) is 13.8. The highest BCUT2D eigenvalue weighted by Crippen LogP contribution is 2.58. The minimum atomic E-state index is -1.30. The molecule has 0 aromatic rings. The van der Waals surface area contributed by atoms with Gasteiger partial charge in [0.05, 0.1) is 25.2 Å². The zero-order chi connectivity index (χ0) is 26.1. The number of cyclic esters (lactones) is 1. The van der Waals surface area contributed by atoms with Gasteiger partial charge in [-0.1, -0.05) is 71.3 Å². The van der Waals surface area contributed by atoms with Crippen LogP contribution in [0.2, 0.25) is 0 Å². The van der Waals surface area contributed by atoms with Crippen molar-refractivity contribution in [3.63, 3.8) is 0 Å². The molecule has 36 heavy (non-hydrogen) atoms. The number of carbonyl (C=O) groups excluding carboxylic acids is 3. The van der Waals surface area contributed by atoms with E-state index in [1.54, 1.807) is 9.80 Å². The number of hydrogen-bond acceptors (Lipinski definition) is 6. The number of hydrogen-bond donors (Lipinski definition) is 1. The summed E-state index contributed by atoms with van der Waals surface area (Å²) < 4.78 is 12.5. The van der Waals surface area contributed by atoms with Gasteiger partial charge >= 0.3 is 5.97 Å². The molecule has 8 heteroatoms. The predicted octanol–water partition coefficient (Wildman–Crippen LogP) is 2.85. The van der Waals surface area contributed by atoms with Crippen LogP contribution in [0.1, 0.15) is 66.2 Å². The molecule has 2 fully saturated rings. The van der Waals surface area contributed by atoms with E-state index < -0.39 is 41.1 Å². The van der Waals surface area contributed by atoms with Gasteiger partial charge in [-0.3, -0.25) is 14.4 Å². The van der Waals surface area contributed by atoms with E-state index in [4.69, 9.17) is 9.47 Å². The number of aliphatic hydroxyl groups is 1. The molecular weight excluding hydrogens is 460 g/mol. The molecule has 1 spiro atoms. The van der Waals surface area contributed by atoms with Gasteiger partial charge in [0.2, 0.25) is 11.8 Å². The predicted molar refractivity (Wildman–Crippen MR) is 135 cm³/mol. The van der Waals surface area contributed by atoms with E-state index in [0.29, 0.717) is 25.9 Å². The number of likely N-dealkylation sites (tertiary alicyclic amines) is 1. The second kappa shape index (κ2) is 10.7. The number of carbonyl (C=O) groups is 3. The zero-order valence-corrected chi connectivity index (χ0v) is 22.2. The highest BCUT2D eigenvalue weighted by molar-refractivity contribution is 5.99. The molecule has 0 saturated carbocycles. The SMILES string of the molecule is CCCCCN1CC=C[C@]23O[C@@]4(CC)C=CCCOC(=O)[C@H]4[C@H]2C(=O)N([C@@H](CO)[C@@H](C)CC)C3C1=O. The van der Waals surface area contributed by atoms with Crippen molar-refractivity contribution in [1.82, 2.24) is 9.80 Å². The Balaban J connectivity index is 1.87. The fraction of sp³-hybridized carbons (Fsp3) is 0.750. The molecule has 7 atom stereocenters. The molecule has 0 radical (unpaired) electrons. The van der Waals surface area contributed by atoms with Crippen molar-refractivity contribution < 1.29 is 29.0 Å². The molecule has 200 valence electrons. The molecule has 0 aliphatic carbocycles. The Kier molecular flexibility index (Phi) is 7.95. The fourth-order valence-electron chi connectivity index (χ4n) is 6.64. The van der Waals surface area contributed by atoms with Crippen LogP contribution in [0.3, 0.4) is 0 Å². The van der Waals surface area contributed by atoms with Crippen LogP contribution in [0.4, 0.5) is 0 Å². The second-order valence-electron chi connectivity index (χ2n) is 10.8. The lowest BCUT2D eigenvalue weighted by atomic mass is 9.73. The normalized spacial score (nSPS) is 35.5. The van der Waals surface area contributed by atoms with Crippen molar-refractivity contribution in [3.05, 3.63) is 24.3 Å². The highest BCUT2D eigenvalue weighted by Gasteiger charge is 2.76. The molecule has 4 aliphatic rings. The van der Waals surface area contributed by atoms with Crippen LogP contribution in [0.25, 0.3) is 0 Å². The maximum Gasteiger partial charge on any atom is 0.313 e. The van der Waals surface area contributed by atoms with Crippen molar-refractivity contribution in [3.8, 4) is 0 Å². The van der Waals surface area contributed by atoms with E-state index in [-0.39, 0.29) is 30.9 Å². The minimum absolute atomic E-state index is 0.0384. The van der Waals surface area contributed by atoms with Crippen LogP contribution < -0.4 is 0 Å². The number of amides is 2. The summed E-state index contributed by atoms with van der Waals surface area (Å²) in [6, 6.07) is -1.50. The first kappa shape index (κ1) is 26.9. The molecule has 2 amide bonds. The summed E-state index contributed by atoms with van der Waals surface area (Å²) in [5.74, 6) is -2.73. The largest absolute Gasteiger partial charge is 0.465 e. The molecule has 2 saturated heterocycles. The van der Waals surface area contributed by atoms with Gasteiger partial charge in [0.15, 0.2) is 0 Å².